The zero-order chi connectivity index (χ0) is 11.3. The highest BCUT2D eigenvalue weighted by Crippen LogP contribution is 2.24. The summed E-state index contributed by atoms with van der Waals surface area (Å²) in [6.45, 7) is 11.0. The molecule has 1 saturated carbocycles. The molecule has 0 bridgehead atoms. The van der Waals surface area contributed by atoms with Crippen LogP contribution in [0, 0.1) is 0 Å². The van der Waals surface area contributed by atoms with Gasteiger partial charge < -0.3 is 15.5 Å². The monoisotopic (exact) mass is 213 g/mol. The van der Waals surface area contributed by atoms with Crippen molar-refractivity contribution in [2.24, 2.45) is 0 Å². The van der Waals surface area contributed by atoms with E-state index in [0.29, 0.717) is 0 Å². The third-order valence-corrected chi connectivity index (χ3v) is 2.77. The van der Waals surface area contributed by atoms with Crippen LogP contribution in [0.25, 0.3) is 0 Å². The fraction of sp³-hybridized carbons (Fsp3) is 1.00. The van der Waals surface area contributed by atoms with Gasteiger partial charge in [-0.1, -0.05) is 0 Å². The van der Waals surface area contributed by atoms with Crippen LogP contribution < -0.4 is 10.6 Å². The fourth-order valence-electron chi connectivity index (χ4n) is 1.60. The summed E-state index contributed by atoms with van der Waals surface area (Å²) < 4.78 is 0. The van der Waals surface area contributed by atoms with Gasteiger partial charge in [0.2, 0.25) is 0 Å². The topological polar surface area (TPSA) is 27.3 Å². The van der Waals surface area contributed by atoms with Gasteiger partial charge in [-0.05, 0) is 40.7 Å². The van der Waals surface area contributed by atoms with E-state index in [2.05, 4.69) is 43.4 Å². The van der Waals surface area contributed by atoms with E-state index in [1.807, 2.05) is 0 Å². The van der Waals surface area contributed by atoms with Gasteiger partial charge in [-0.25, -0.2) is 0 Å². The van der Waals surface area contributed by atoms with Crippen LogP contribution >= 0.6 is 0 Å². The molecule has 0 amide bonds. The number of nitrogens with one attached hydrogen (secondary N) is 2. The highest BCUT2D eigenvalue weighted by molar-refractivity contribution is 4.82. The van der Waals surface area contributed by atoms with Crippen molar-refractivity contribution in [3.05, 3.63) is 0 Å². The van der Waals surface area contributed by atoms with Gasteiger partial charge in [-0.2, -0.15) is 0 Å². The fourth-order valence-corrected chi connectivity index (χ4v) is 1.60. The van der Waals surface area contributed by atoms with Crippen LogP contribution in [-0.2, 0) is 0 Å². The highest BCUT2D eigenvalue weighted by Gasteiger charge is 2.25. The van der Waals surface area contributed by atoms with E-state index in [9.17, 15) is 0 Å². The Hall–Kier alpha value is -0.120. The third kappa shape index (κ3) is 6.88. The van der Waals surface area contributed by atoms with Gasteiger partial charge in [-0.3, -0.25) is 0 Å². The molecule has 0 unspecified atom stereocenters. The molecule has 90 valence electrons. The number of likely N-dealkylation sites (N-methyl/N-ethyl adjacent to an activating group) is 1. The Labute approximate surface area is 94.6 Å². The quantitative estimate of drug-likeness (QED) is 0.619. The molecule has 3 nitrogen and oxygen atoms in total. The molecule has 0 atom stereocenters. The van der Waals surface area contributed by atoms with Crippen molar-refractivity contribution in [3.8, 4) is 0 Å². The molecule has 0 aromatic rings. The molecule has 15 heavy (non-hydrogen) atoms. The predicted octanol–water partition coefficient (Wildman–Crippen LogP) is 1.06. The maximum atomic E-state index is 3.47. The van der Waals surface area contributed by atoms with Crippen molar-refractivity contribution in [1.29, 1.82) is 0 Å². The average Bonchev–Trinajstić information content (AvgIpc) is 2.91. The normalized spacial score (nSPS) is 17.4. The number of nitrogens with zero attached hydrogens (tertiary/aromatic N) is 1. The van der Waals surface area contributed by atoms with Crippen LogP contribution in [0.4, 0.5) is 0 Å². The Morgan fingerprint density at radius 1 is 1.13 bits per heavy atom. The largest absolute Gasteiger partial charge is 0.314 e. The van der Waals surface area contributed by atoms with Gasteiger partial charge in [0.1, 0.15) is 0 Å². The summed E-state index contributed by atoms with van der Waals surface area (Å²) in [5.74, 6) is 0. The van der Waals surface area contributed by atoms with Gasteiger partial charge in [0.15, 0.2) is 0 Å². The maximum absolute atomic E-state index is 3.47. The highest BCUT2D eigenvalue weighted by atomic mass is 15.2. The first-order valence-corrected chi connectivity index (χ1v) is 6.15. The summed E-state index contributed by atoms with van der Waals surface area (Å²) >= 11 is 0. The first kappa shape index (κ1) is 12.9. The van der Waals surface area contributed by atoms with E-state index in [4.69, 9.17) is 0 Å². The van der Waals surface area contributed by atoms with Gasteiger partial charge >= 0.3 is 0 Å². The molecule has 0 aliphatic heterocycles. The molecule has 1 fully saturated rings. The van der Waals surface area contributed by atoms with E-state index in [-0.39, 0.29) is 5.54 Å². The second-order valence-electron chi connectivity index (χ2n) is 5.64. The predicted molar refractivity (Wildman–Crippen MR) is 66.3 cm³/mol. The van der Waals surface area contributed by atoms with E-state index in [0.717, 1.165) is 25.7 Å². The molecular weight excluding hydrogens is 186 g/mol. The second-order valence-corrected chi connectivity index (χ2v) is 5.64. The molecule has 1 aliphatic carbocycles. The Balaban J connectivity index is 1.84. The lowest BCUT2D eigenvalue weighted by atomic mass is 10.1. The summed E-state index contributed by atoms with van der Waals surface area (Å²) in [7, 11) is 2.23. The average molecular weight is 213 g/mol. The summed E-state index contributed by atoms with van der Waals surface area (Å²) in [6.07, 6.45) is 2.81. The molecule has 0 radical (unpaired) electrons. The van der Waals surface area contributed by atoms with Crippen molar-refractivity contribution >= 4 is 0 Å². The first-order valence-electron chi connectivity index (χ1n) is 6.15. The molecule has 0 aromatic carbocycles. The number of rotatable bonds is 7. The lowest BCUT2D eigenvalue weighted by molar-refractivity contribution is 0.320. The van der Waals surface area contributed by atoms with Crippen LogP contribution in [0.2, 0.25) is 0 Å². The van der Waals surface area contributed by atoms with Crippen LogP contribution in [0.3, 0.4) is 0 Å². The summed E-state index contributed by atoms with van der Waals surface area (Å²) in [5, 5.41) is 6.94. The lowest BCUT2D eigenvalue weighted by Gasteiger charge is -2.21. The van der Waals surface area contributed by atoms with Crippen LogP contribution in [-0.4, -0.2) is 49.7 Å². The zero-order valence-electron chi connectivity index (χ0n) is 10.8. The number of hydrogen-bond donors (Lipinski definition) is 2. The van der Waals surface area contributed by atoms with Crippen molar-refractivity contribution in [3.63, 3.8) is 0 Å². The minimum Gasteiger partial charge on any atom is -0.314 e. The summed E-state index contributed by atoms with van der Waals surface area (Å²) in [4.78, 5) is 2.46. The summed E-state index contributed by atoms with van der Waals surface area (Å²) in [5.41, 5.74) is 0.243. The Morgan fingerprint density at radius 2 is 1.80 bits per heavy atom. The minimum absolute atomic E-state index is 0.243. The SMILES string of the molecule is CN(CCNCCNC(C)(C)C)C1CC1. The van der Waals surface area contributed by atoms with E-state index in [1.165, 1.54) is 19.4 Å². The maximum Gasteiger partial charge on any atom is 0.0107 e. The Morgan fingerprint density at radius 3 is 2.33 bits per heavy atom. The van der Waals surface area contributed by atoms with Crippen molar-refractivity contribution in [2.75, 3.05) is 33.2 Å². The van der Waals surface area contributed by atoms with Gasteiger partial charge in [0, 0.05) is 37.8 Å². The van der Waals surface area contributed by atoms with Gasteiger partial charge in [0.05, 0.1) is 0 Å². The number of hydrogen-bond acceptors (Lipinski definition) is 3. The molecule has 2 N–H and O–H groups in total. The minimum atomic E-state index is 0.243. The van der Waals surface area contributed by atoms with Crippen molar-refractivity contribution < 1.29 is 0 Å². The van der Waals surface area contributed by atoms with E-state index < -0.39 is 0 Å². The Bertz CT molecular complexity index is 170. The first-order chi connectivity index (χ1) is 6.99. The second kappa shape index (κ2) is 5.83. The molecule has 0 spiro atoms. The standard InChI is InChI=1S/C12H27N3/c1-12(2,3)14-8-7-13-9-10-15(4)11-5-6-11/h11,13-14H,5-10H2,1-4H3. The van der Waals surface area contributed by atoms with Gasteiger partial charge in [0.25, 0.3) is 0 Å². The van der Waals surface area contributed by atoms with E-state index >= 15 is 0 Å². The van der Waals surface area contributed by atoms with Crippen molar-refractivity contribution in [2.45, 2.75) is 45.2 Å². The molecule has 3 heteroatoms. The Kier molecular flexibility index (Phi) is 5.03. The summed E-state index contributed by atoms with van der Waals surface area (Å²) in [6, 6.07) is 0.888. The molecular formula is C12H27N3. The molecule has 0 saturated heterocycles. The zero-order valence-corrected chi connectivity index (χ0v) is 10.8. The van der Waals surface area contributed by atoms with Crippen LogP contribution in [0.1, 0.15) is 33.6 Å². The molecule has 0 heterocycles. The lowest BCUT2D eigenvalue weighted by Crippen LogP contribution is -2.41. The smallest absolute Gasteiger partial charge is 0.0107 e. The molecule has 1 rings (SSSR count). The third-order valence-electron chi connectivity index (χ3n) is 2.77. The van der Waals surface area contributed by atoms with Crippen LogP contribution in [0.15, 0.2) is 0 Å². The van der Waals surface area contributed by atoms with Crippen LogP contribution in [0.5, 0.6) is 0 Å². The molecule has 0 aromatic heterocycles. The van der Waals surface area contributed by atoms with E-state index in [1.54, 1.807) is 0 Å². The van der Waals surface area contributed by atoms with Gasteiger partial charge in [-0.15, -0.1) is 0 Å². The molecule has 1 aliphatic rings. The van der Waals surface area contributed by atoms with Crippen molar-refractivity contribution in [1.82, 2.24) is 15.5 Å².